The summed E-state index contributed by atoms with van der Waals surface area (Å²) in [6.07, 6.45) is 24.4. The van der Waals surface area contributed by atoms with Gasteiger partial charge in [-0.15, -0.1) is 0 Å². The Morgan fingerprint density at radius 1 is 1.03 bits per heavy atom. The summed E-state index contributed by atoms with van der Waals surface area (Å²) in [5, 5.41) is 3.10. The molecule has 0 aliphatic carbocycles. The van der Waals surface area contributed by atoms with Crippen molar-refractivity contribution in [3.63, 3.8) is 0 Å². The van der Waals surface area contributed by atoms with Gasteiger partial charge in [-0.05, 0) is 39.0 Å². The van der Waals surface area contributed by atoms with Crippen molar-refractivity contribution in [1.82, 2.24) is 5.32 Å². The molecule has 0 aromatic rings. The Balaban J connectivity index is 2.12. The highest BCUT2D eigenvalue weighted by Gasteiger charge is 2.42. The van der Waals surface area contributed by atoms with Crippen molar-refractivity contribution >= 4 is 12.1 Å². The first-order valence-corrected chi connectivity index (χ1v) is 12.4. The van der Waals surface area contributed by atoms with Gasteiger partial charge in [0, 0.05) is 20.3 Å². The smallest absolute Gasteiger partial charge is 0.221 e. The molecule has 29 heavy (non-hydrogen) atoms. The maximum atomic E-state index is 11.5. The minimum atomic E-state index is 0.0516. The number of rotatable bonds is 17. The highest BCUT2D eigenvalue weighted by Crippen LogP contribution is 2.26. The van der Waals surface area contributed by atoms with E-state index in [9.17, 15) is 4.79 Å². The first-order valence-electron chi connectivity index (χ1n) is 12.4. The van der Waals surface area contributed by atoms with Crippen LogP contribution < -0.4 is 5.32 Å². The Kier molecular flexibility index (Phi) is 14.0. The summed E-state index contributed by atoms with van der Waals surface area (Å²) in [7, 11) is 0. The first kappa shape index (κ1) is 25.9. The van der Waals surface area contributed by atoms with Gasteiger partial charge in [-0.2, -0.15) is 0 Å². The zero-order valence-electron chi connectivity index (χ0n) is 19.8. The van der Waals surface area contributed by atoms with E-state index in [1.807, 2.05) is 0 Å². The third-order valence-corrected chi connectivity index (χ3v) is 6.54. The van der Waals surface area contributed by atoms with Gasteiger partial charge in [0.25, 0.3) is 0 Å². The van der Waals surface area contributed by atoms with Crippen molar-refractivity contribution in [3.05, 3.63) is 12.2 Å². The molecule has 3 unspecified atom stereocenters. The second kappa shape index (κ2) is 15.6. The lowest BCUT2D eigenvalue weighted by atomic mass is 10.1. The summed E-state index contributed by atoms with van der Waals surface area (Å²) in [4.78, 5) is 16.3. The molecular weight excluding hydrogens is 358 g/mol. The molecule has 1 aliphatic heterocycles. The average Bonchev–Trinajstić information content (AvgIpc) is 3.12. The monoisotopic (exact) mass is 406 g/mol. The minimum absolute atomic E-state index is 0.0516. The molecule has 168 valence electrons. The number of nitrogens with zero attached hydrogens (tertiary/aromatic N) is 2. The summed E-state index contributed by atoms with van der Waals surface area (Å²) in [5.41, 5.74) is 0. The molecule has 0 aromatic heterocycles. The normalized spacial score (nSPS) is 22.4. The van der Waals surface area contributed by atoms with Crippen LogP contribution in [0.15, 0.2) is 17.1 Å². The Morgan fingerprint density at radius 3 is 2.21 bits per heavy atom. The van der Waals surface area contributed by atoms with E-state index in [1.54, 1.807) is 6.92 Å². The van der Waals surface area contributed by atoms with E-state index >= 15 is 0 Å². The number of nitrogens with one attached hydrogen (secondary N) is 1. The Hall–Kier alpha value is -1.16. The number of amides is 1. The zero-order valence-corrected chi connectivity index (χ0v) is 19.8. The Bertz CT molecular complexity index is 488. The van der Waals surface area contributed by atoms with Gasteiger partial charge in [-0.3, -0.25) is 9.28 Å². The summed E-state index contributed by atoms with van der Waals surface area (Å²) < 4.78 is 0.869. The van der Waals surface area contributed by atoms with Gasteiger partial charge in [-0.25, -0.2) is 4.99 Å². The van der Waals surface area contributed by atoms with Crippen molar-refractivity contribution < 1.29 is 9.28 Å². The fraction of sp³-hybridized carbons (Fsp3) is 0.840. The molecule has 0 aromatic carbocycles. The highest BCUT2D eigenvalue weighted by molar-refractivity contribution is 5.73. The van der Waals surface area contributed by atoms with Crippen LogP contribution >= 0.6 is 0 Å². The van der Waals surface area contributed by atoms with E-state index in [0.29, 0.717) is 6.17 Å². The van der Waals surface area contributed by atoms with E-state index in [2.05, 4.69) is 44.5 Å². The SMILES string of the molecule is CCCCCCCCCC/C=C/CCCCC1N=CC[N+]1(CC)C(C)NC(C)=O. The predicted octanol–water partition coefficient (Wildman–Crippen LogP) is 6.36. The van der Waals surface area contributed by atoms with Crippen molar-refractivity contribution in [3.8, 4) is 0 Å². The van der Waals surface area contributed by atoms with Gasteiger partial charge in [0.2, 0.25) is 5.91 Å². The molecule has 3 atom stereocenters. The van der Waals surface area contributed by atoms with Crippen molar-refractivity contribution in [2.75, 3.05) is 13.1 Å². The minimum Gasteiger partial charge on any atom is -0.307 e. The lowest BCUT2D eigenvalue weighted by Gasteiger charge is -2.42. The summed E-state index contributed by atoms with van der Waals surface area (Å²) in [6, 6.07) is 0. The van der Waals surface area contributed by atoms with Gasteiger partial charge in [-0.1, -0.05) is 64.0 Å². The fourth-order valence-corrected chi connectivity index (χ4v) is 4.58. The standard InChI is InChI=1S/C25H47N3O/c1-5-7-8-9-10-11-12-13-14-15-16-17-18-19-20-25-26-21-22-28(25,6-2)23(3)27-24(4)29/h15-16,21,23,25H,5-14,17-20,22H2,1-4H3/p+1/b16-15+. The van der Waals surface area contributed by atoms with Crippen LogP contribution in [-0.2, 0) is 4.79 Å². The molecule has 4 heteroatoms. The van der Waals surface area contributed by atoms with Crippen LogP contribution in [0.2, 0.25) is 0 Å². The van der Waals surface area contributed by atoms with Crippen LogP contribution in [0.25, 0.3) is 0 Å². The average molecular weight is 407 g/mol. The van der Waals surface area contributed by atoms with Gasteiger partial charge in [0.05, 0.1) is 12.8 Å². The number of allylic oxidation sites excluding steroid dienone is 2. The third-order valence-electron chi connectivity index (χ3n) is 6.54. The van der Waals surface area contributed by atoms with Crippen molar-refractivity contribution in [2.24, 2.45) is 4.99 Å². The molecule has 0 saturated heterocycles. The number of carbonyl (C=O) groups excluding carboxylic acids is 1. The van der Waals surface area contributed by atoms with Gasteiger partial charge in [0.1, 0.15) is 6.54 Å². The van der Waals surface area contributed by atoms with Crippen molar-refractivity contribution in [2.45, 2.75) is 123 Å². The largest absolute Gasteiger partial charge is 0.307 e. The van der Waals surface area contributed by atoms with E-state index in [0.717, 1.165) is 24.0 Å². The number of aliphatic imine (C=N–C) groups is 1. The second-order valence-electron chi connectivity index (χ2n) is 8.81. The third kappa shape index (κ3) is 9.93. The number of quaternary nitrogens is 1. The van der Waals surface area contributed by atoms with Gasteiger partial charge < -0.3 is 5.32 Å². The molecule has 0 fully saturated rings. The fourth-order valence-electron chi connectivity index (χ4n) is 4.58. The maximum Gasteiger partial charge on any atom is 0.221 e. The van der Waals surface area contributed by atoms with Crippen molar-refractivity contribution in [1.29, 1.82) is 0 Å². The van der Waals surface area contributed by atoms with Crippen LogP contribution in [0, 0.1) is 0 Å². The first-order chi connectivity index (χ1) is 14.1. The number of carbonyl (C=O) groups is 1. The quantitative estimate of drug-likeness (QED) is 0.170. The molecule has 0 saturated carbocycles. The summed E-state index contributed by atoms with van der Waals surface area (Å²) in [6.45, 7) is 10.2. The van der Waals surface area contributed by atoms with Crippen LogP contribution in [0.4, 0.5) is 0 Å². The molecule has 1 rings (SSSR count). The van der Waals surface area contributed by atoms with E-state index in [-0.39, 0.29) is 12.1 Å². The topological polar surface area (TPSA) is 41.5 Å². The van der Waals surface area contributed by atoms with Gasteiger partial charge in [0.15, 0.2) is 12.3 Å². The molecule has 1 aliphatic rings. The number of unbranched alkanes of at least 4 members (excludes halogenated alkanes) is 10. The molecular formula is C25H48N3O+. The molecule has 1 N–H and O–H groups in total. The van der Waals surface area contributed by atoms with E-state index in [1.165, 1.54) is 77.0 Å². The molecule has 4 nitrogen and oxygen atoms in total. The van der Waals surface area contributed by atoms with Crippen LogP contribution in [0.3, 0.4) is 0 Å². The summed E-state index contributed by atoms with van der Waals surface area (Å²) in [5.74, 6) is 0.0516. The molecule has 0 spiro atoms. The maximum absolute atomic E-state index is 11.5. The zero-order chi connectivity index (χ0) is 21.4. The Labute approximate surface area is 180 Å². The van der Waals surface area contributed by atoms with Crippen LogP contribution in [-0.4, -0.2) is 42.0 Å². The predicted molar refractivity (Wildman–Crippen MR) is 126 cm³/mol. The van der Waals surface area contributed by atoms with E-state index in [4.69, 9.17) is 4.99 Å². The van der Waals surface area contributed by atoms with Gasteiger partial charge >= 0.3 is 0 Å². The number of hydrogen-bond donors (Lipinski definition) is 1. The molecule has 0 radical (unpaired) electrons. The van der Waals surface area contributed by atoms with Crippen LogP contribution in [0.1, 0.15) is 111 Å². The number of hydrogen-bond acceptors (Lipinski definition) is 2. The molecule has 1 amide bonds. The molecule has 1 heterocycles. The Morgan fingerprint density at radius 2 is 1.62 bits per heavy atom. The lowest BCUT2D eigenvalue weighted by Crippen LogP contribution is -2.63. The summed E-state index contributed by atoms with van der Waals surface area (Å²) >= 11 is 0. The second-order valence-corrected chi connectivity index (χ2v) is 8.81. The lowest BCUT2D eigenvalue weighted by molar-refractivity contribution is -0.959. The van der Waals surface area contributed by atoms with Crippen LogP contribution in [0.5, 0.6) is 0 Å². The molecule has 0 bridgehead atoms. The highest BCUT2D eigenvalue weighted by atomic mass is 16.1. The van der Waals surface area contributed by atoms with E-state index < -0.39 is 0 Å².